The Morgan fingerprint density at radius 1 is 1.07 bits per heavy atom. The molecule has 1 saturated heterocycles. The Bertz CT molecular complexity index is 523. The molecule has 1 aliphatic heterocycles. The van der Waals surface area contributed by atoms with Crippen molar-refractivity contribution >= 4 is 11.8 Å². The SMILES string of the molecule is CCNC(=NCCCCCCCN(C)C)N1CCN(c2ccccn2)CC1. The van der Waals surface area contributed by atoms with Crippen LogP contribution in [0.1, 0.15) is 39.0 Å². The fraction of sp³-hybridized carbons (Fsp3) is 0.714. The molecule has 0 radical (unpaired) electrons. The van der Waals surface area contributed by atoms with Crippen molar-refractivity contribution < 1.29 is 0 Å². The van der Waals surface area contributed by atoms with Crippen LogP contribution in [0.4, 0.5) is 5.82 Å². The van der Waals surface area contributed by atoms with Crippen molar-refractivity contribution in [2.24, 2.45) is 4.99 Å². The van der Waals surface area contributed by atoms with Gasteiger partial charge in [0.05, 0.1) is 0 Å². The lowest BCUT2D eigenvalue weighted by atomic mass is 10.1. The third-order valence-electron chi connectivity index (χ3n) is 4.91. The van der Waals surface area contributed by atoms with E-state index in [2.05, 4.69) is 58.2 Å². The molecule has 0 saturated carbocycles. The maximum Gasteiger partial charge on any atom is 0.194 e. The third-order valence-corrected chi connectivity index (χ3v) is 4.91. The molecule has 6 heteroatoms. The van der Waals surface area contributed by atoms with E-state index in [1.165, 1.54) is 38.6 Å². The highest BCUT2D eigenvalue weighted by atomic mass is 15.4. The van der Waals surface area contributed by atoms with E-state index in [1.54, 1.807) is 0 Å². The van der Waals surface area contributed by atoms with Crippen LogP contribution in [0.2, 0.25) is 0 Å². The van der Waals surface area contributed by atoms with E-state index < -0.39 is 0 Å². The topological polar surface area (TPSA) is 47.0 Å². The minimum atomic E-state index is 0.920. The van der Waals surface area contributed by atoms with Gasteiger partial charge >= 0.3 is 0 Å². The number of aliphatic imine (C=N–C) groups is 1. The van der Waals surface area contributed by atoms with Crippen molar-refractivity contribution in [3.05, 3.63) is 24.4 Å². The number of unbranched alkanes of at least 4 members (excludes halogenated alkanes) is 4. The zero-order valence-electron chi connectivity index (χ0n) is 17.5. The van der Waals surface area contributed by atoms with Crippen LogP contribution in [0.3, 0.4) is 0 Å². The monoisotopic (exact) mass is 374 g/mol. The standard InChI is InChI=1S/C21H38N6/c1-4-22-21(24-14-9-6-5-7-11-15-25(2)3)27-18-16-26(17-19-27)20-12-8-10-13-23-20/h8,10,12-13H,4-7,9,11,14-19H2,1-3H3,(H,22,24). The minimum absolute atomic E-state index is 0.920. The smallest absolute Gasteiger partial charge is 0.194 e. The maximum atomic E-state index is 4.87. The Hall–Kier alpha value is -1.82. The molecular formula is C21H38N6. The Morgan fingerprint density at radius 2 is 1.81 bits per heavy atom. The summed E-state index contributed by atoms with van der Waals surface area (Å²) < 4.78 is 0. The molecule has 6 nitrogen and oxygen atoms in total. The summed E-state index contributed by atoms with van der Waals surface area (Å²) >= 11 is 0. The van der Waals surface area contributed by atoms with Gasteiger partial charge in [-0.05, 0) is 52.5 Å². The molecule has 27 heavy (non-hydrogen) atoms. The average Bonchev–Trinajstić information content (AvgIpc) is 2.70. The Kier molecular flexibility index (Phi) is 9.98. The first-order chi connectivity index (χ1) is 13.2. The Balaban J connectivity index is 1.69. The van der Waals surface area contributed by atoms with Crippen molar-refractivity contribution in [1.29, 1.82) is 0 Å². The zero-order chi connectivity index (χ0) is 19.3. The molecule has 1 N–H and O–H groups in total. The molecule has 0 aromatic carbocycles. The highest BCUT2D eigenvalue weighted by Crippen LogP contribution is 2.12. The lowest BCUT2D eigenvalue weighted by molar-refractivity contribution is 0.371. The third kappa shape index (κ3) is 8.16. The van der Waals surface area contributed by atoms with Gasteiger partial charge in [0, 0.05) is 45.5 Å². The highest BCUT2D eigenvalue weighted by molar-refractivity contribution is 5.80. The van der Waals surface area contributed by atoms with Gasteiger partial charge in [-0.1, -0.05) is 25.3 Å². The number of hydrogen-bond donors (Lipinski definition) is 1. The van der Waals surface area contributed by atoms with E-state index in [0.717, 1.165) is 51.0 Å². The molecule has 1 fully saturated rings. The lowest BCUT2D eigenvalue weighted by Crippen LogP contribution is -2.52. The van der Waals surface area contributed by atoms with Gasteiger partial charge in [0.1, 0.15) is 5.82 Å². The first-order valence-corrected chi connectivity index (χ1v) is 10.5. The summed E-state index contributed by atoms with van der Waals surface area (Å²) in [7, 11) is 4.29. The van der Waals surface area contributed by atoms with Crippen LogP contribution in [-0.4, -0.2) is 80.7 Å². The maximum absolute atomic E-state index is 4.87. The summed E-state index contributed by atoms with van der Waals surface area (Å²) in [5.74, 6) is 2.15. The summed E-state index contributed by atoms with van der Waals surface area (Å²) in [6.07, 6.45) is 8.29. The van der Waals surface area contributed by atoms with Crippen molar-refractivity contribution in [3.8, 4) is 0 Å². The zero-order valence-corrected chi connectivity index (χ0v) is 17.5. The van der Waals surface area contributed by atoms with Gasteiger partial charge in [-0.25, -0.2) is 4.98 Å². The number of guanidine groups is 1. The van der Waals surface area contributed by atoms with Crippen LogP contribution in [0.5, 0.6) is 0 Å². The molecule has 1 aliphatic rings. The van der Waals surface area contributed by atoms with Gasteiger partial charge in [0.2, 0.25) is 0 Å². The fourth-order valence-corrected chi connectivity index (χ4v) is 3.37. The molecule has 0 spiro atoms. The van der Waals surface area contributed by atoms with Gasteiger partial charge < -0.3 is 20.0 Å². The predicted octanol–water partition coefficient (Wildman–Crippen LogP) is 2.68. The van der Waals surface area contributed by atoms with E-state index in [4.69, 9.17) is 4.99 Å². The van der Waals surface area contributed by atoms with E-state index in [1.807, 2.05) is 12.3 Å². The number of nitrogens with one attached hydrogen (secondary N) is 1. The van der Waals surface area contributed by atoms with Crippen LogP contribution in [0, 0.1) is 0 Å². The molecule has 0 unspecified atom stereocenters. The second-order valence-electron chi connectivity index (χ2n) is 7.47. The van der Waals surface area contributed by atoms with Crippen molar-refractivity contribution in [3.63, 3.8) is 0 Å². The van der Waals surface area contributed by atoms with Crippen LogP contribution in [0.15, 0.2) is 29.4 Å². The van der Waals surface area contributed by atoms with Crippen molar-refractivity contribution in [2.75, 3.05) is 64.8 Å². The Morgan fingerprint density at radius 3 is 2.48 bits per heavy atom. The lowest BCUT2D eigenvalue weighted by Gasteiger charge is -2.37. The van der Waals surface area contributed by atoms with Crippen molar-refractivity contribution in [1.82, 2.24) is 20.1 Å². The predicted molar refractivity (Wildman–Crippen MR) is 116 cm³/mol. The average molecular weight is 375 g/mol. The summed E-state index contributed by atoms with van der Waals surface area (Å²) in [6.45, 7) is 9.17. The summed E-state index contributed by atoms with van der Waals surface area (Å²) in [5, 5.41) is 3.47. The molecule has 1 aromatic heterocycles. The largest absolute Gasteiger partial charge is 0.357 e. The number of rotatable bonds is 10. The first kappa shape index (κ1) is 21.5. The quantitative estimate of drug-likeness (QED) is 0.388. The van der Waals surface area contributed by atoms with Crippen LogP contribution < -0.4 is 10.2 Å². The molecule has 0 aliphatic carbocycles. The molecular weight excluding hydrogens is 336 g/mol. The van der Waals surface area contributed by atoms with Crippen molar-refractivity contribution in [2.45, 2.75) is 39.0 Å². The van der Waals surface area contributed by atoms with Crippen LogP contribution in [0.25, 0.3) is 0 Å². The molecule has 1 aromatic rings. The van der Waals surface area contributed by atoms with Gasteiger partial charge in [0.15, 0.2) is 5.96 Å². The molecule has 2 heterocycles. The number of nitrogens with zero attached hydrogens (tertiary/aromatic N) is 5. The second-order valence-corrected chi connectivity index (χ2v) is 7.47. The van der Waals surface area contributed by atoms with Gasteiger partial charge in [0.25, 0.3) is 0 Å². The minimum Gasteiger partial charge on any atom is -0.357 e. The van der Waals surface area contributed by atoms with E-state index >= 15 is 0 Å². The van der Waals surface area contributed by atoms with E-state index in [-0.39, 0.29) is 0 Å². The molecule has 152 valence electrons. The normalized spacial score (nSPS) is 15.5. The number of hydrogen-bond acceptors (Lipinski definition) is 4. The summed E-state index contributed by atoms with van der Waals surface area (Å²) in [6, 6.07) is 6.12. The van der Waals surface area contributed by atoms with Crippen LogP contribution >= 0.6 is 0 Å². The Labute approximate surface area is 165 Å². The second kappa shape index (κ2) is 12.5. The molecule has 0 amide bonds. The number of aromatic nitrogens is 1. The van der Waals surface area contributed by atoms with Crippen LogP contribution in [-0.2, 0) is 0 Å². The number of pyridine rings is 1. The number of anilines is 1. The van der Waals surface area contributed by atoms with E-state index in [0.29, 0.717) is 0 Å². The van der Waals surface area contributed by atoms with Gasteiger partial charge in [-0.3, -0.25) is 4.99 Å². The molecule has 0 bridgehead atoms. The molecule has 2 rings (SSSR count). The molecule has 0 atom stereocenters. The van der Waals surface area contributed by atoms with Gasteiger partial charge in [-0.2, -0.15) is 0 Å². The summed E-state index contributed by atoms with van der Waals surface area (Å²) in [5.41, 5.74) is 0. The van der Waals surface area contributed by atoms with Gasteiger partial charge in [-0.15, -0.1) is 0 Å². The summed E-state index contributed by atoms with van der Waals surface area (Å²) in [4.78, 5) is 16.3. The fourth-order valence-electron chi connectivity index (χ4n) is 3.37. The first-order valence-electron chi connectivity index (χ1n) is 10.5. The van der Waals surface area contributed by atoms with E-state index in [9.17, 15) is 0 Å². The highest BCUT2D eigenvalue weighted by Gasteiger charge is 2.20. The number of piperazine rings is 1.